The molecule has 1 aromatic rings. The second kappa shape index (κ2) is 3.84. The molecule has 1 aromatic heterocycles. The summed E-state index contributed by atoms with van der Waals surface area (Å²) in [6, 6.07) is 0. The van der Waals surface area contributed by atoms with E-state index in [0.717, 1.165) is 21.1 Å². The lowest BCUT2D eigenvalue weighted by Crippen LogP contribution is -2.13. The lowest BCUT2D eigenvalue weighted by Gasteiger charge is -2.03. The summed E-state index contributed by atoms with van der Waals surface area (Å²) in [6.07, 6.45) is 0. The van der Waals surface area contributed by atoms with Crippen molar-refractivity contribution in [3.63, 3.8) is 0 Å². The van der Waals surface area contributed by atoms with Gasteiger partial charge in [-0.2, -0.15) is 0 Å². The molecule has 0 aliphatic rings. The molecule has 0 fully saturated rings. The minimum absolute atomic E-state index is 0.393. The van der Waals surface area contributed by atoms with E-state index in [2.05, 4.69) is 11.9 Å². The molecule has 3 nitrogen and oxygen atoms in total. The third kappa shape index (κ3) is 1.96. The Kier molecular flexibility index (Phi) is 2.96. The van der Waals surface area contributed by atoms with Gasteiger partial charge in [0.25, 0.3) is 5.91 Å². The molecule has 0 saturated carbocycles. The molecule has 0 aliphatic heterocycles. The Labute approximate surface area is 87.6 Å². The highest BCUT2D eigenvalue weighted by Gasteiger charge is 2.16. The van der Waals surface area contributed by atoms with E-state index in [1.54, 1.807) is 0 Å². The van der Waals surface area contributed by atoms with Crippen LogP contribution in [0.25, 0.3) is 0 Å². The van der Waals surface area contributed by atoms with Gasteiger partial charge in [-0.1, -0.05) is 6.58 Å². The number of aryl methyl sites for hydroxylation is 1. The molecule has 0 unspecified atom stereocenters. The van der Waals surface area contributed by atoms with Crippen LogP contribution in [0.4, 0.5) is 5.00 Å². The first-order chi connectivity index (χ1) is 6.43. The van der Waals surface area contributed by atoms with Gasteiger partial charge in [0, 0.05) is 10.6 Å². The van der Waals surface area contributed by atoms with Gasteiger partial charge in [-0.05, 0) is 26.3 Å². The Morgan fingerprint density at radius 1 is 1.50 bits per heavy atom. The van der Waals surface area contributed by atoms with Crippen LogP contribution in [0, 0.1) is 13.8 Å². The van der Waals surface area contributed by atoms with Crippen LogP contribution in [0.1, 0.15) is 27.7 Å². The Morgan fingerprint density at radius 3 is 2.50 bits per heavy atom. The fourth-order valence-corrected chi connectivity index (χ4v) is 2.35. The van der Waals surface area contributed by atoms with Crippen LogP contribution in [0.5, 0.6) is 0 Å². The number of thiophene rings is 1. The average Bonchev–Trinajstić information content (AvgIpc) is 2.26. The minimum atomic E-state index is -0.393. The Bertz CT molecular complexity index is 393. The number of anilines is 1. The van der Waals surface area contributed by atoms with Crippen molar-refractivity contribution < 1.29 is 4.79 Å². The van der Waals surface area contributed by atoms with Crippen molar-refractivity contribution in [1.82, 2.24) is 0 Å². The SMILES string of the molecule is C=C(C)Nc1sc(C)c(C)c1C(N)=O. The van der Waals surface area contributed by atoms with E-state index in [-0.39, 0.29) is 0 Å². The molecule has 0 spiro atoms. The van der Waals surface area contributed by atoms with E-state index in [1.165, 1.54) is 11.3 Å². The molecule has 0 saturated heterocycles. The van der Waals surface area contributed by atoms with Gasteiger partial charge in [-0.15, -0.1) is 11.3 Å². The molecule has 0 radical (unpaired) electrons. The number of amides is 1. The van der Waals surface area contributed by atoms with Crippen LogP contribution in [0.3, 0.4) is 0 Å². The van der Waals surface area contributed by atoms with Crippen molar-refractivity contribution >= 4 is 22.2 Å². The number of carbonyl (C=O) groups excluding carboxylic acids is 1. The van der Waals surface area contributed by atoms with E-state index in [9.17, 15) is 4.79 Å². The second-order valence-electron chi connectivity index (χ2n) is 3.26. The molecule has 0 atom stereocenters. The fourth-order valence-electron chi connectivity index (χ4n) is 1.21. The van der Waals surface area contributed by atoms with E-state index in [4.69, 9.17) is 5.73 Å². The second-order valence-corrected chi connectivity index (χ2v) is 4.48. The molecule has 0 aromatic carbocycles. The number of allylic oxidation sites excluding steroid dienone is 1. The van der Waals surface area contributed by atoms with E-state index < -0.39 is 5.91 Å². The molecule has 76 valence electrons. The number of carbonyl (C=O) groups is 1. The largest absolute Gasteiger partial charge is 0.365 e. The molecular weight excluding hydrogens is 196 g/mol. The summed E-state index contributed by atoms with van der Waals surface area (Å²) in [4.78, 5) is 12.3. The molecule has 3 N–H and O–H groups in total. The maximum atomic E-state index is 11.2. The van der Waals surface area contributed by atoms with Crippen molar-refractivity contribution in [2.45, 2.75) is 20.8 Å². The number of primary amides is 1. The summed E-state index contributed by atoms with van der Waals surface area (Å²) in [5.74, 6) is -0.393. The topological polar surface area (TPSA) is 55.1 Å². The van der Waals surface area contributed by atoms with Crippen molar-refractivity contribution in [1.29, 1.82) is 0 Å². The standard InChI is InChI=1S/C10H14N2OS/c1-5(2)12-10-8(9(11)13)6(3)7(4)14-10/h12H,1H2,2-4H3,(H2,11,13). The Hall–Kier alpha value is -1.29. The quantitative estimate of drug-likeness (QED) is 0.805. The predicted octanol–water partition coefficient (Wildman–Crippen LogP) is 2.41. The van der Waals surface area contributed by atoms with E-state index >= 15 is 0 Å². The van der Waals surface area contributed by atoms with E-state index in [1.807, 2.05) is 20.8 Å². The number of rotatable bonds is 3. The van der Waals surface area contributed by atoms with Gasteiger partial charge in [0.1, 0.15) is 5.00 Å². The Balaban J connectivity index is 3.22. The predicted molar refractivity (Wildman–Crippen MR) is 60.7 cm³/mol. The van der Waals surface area contributed by atoms with Crippen LogP contribution in [0.15, 0.2) is 12.3 Å². The lowest BCUT2D eigenvalue weighted by molar-refractivity contribution is 0.100. The van der Waals surface area contributed by atoms with Gasteiger partial charge >= 0.3 is 0 Å². The van der Waals surface area contributed by atoms with Crippen LogP contribution >= 0.6 is 11.3 Å². The molecule has 0 bridgehead atoms. The normalized spacial score (nSPS) is 9.93. The van der Waals surface area contributed by atoms with Crippen molar-refractivity contribution in [3.05, 3.63) is 28.3 Å². The van der Waals surface area contributed by atoms with Crippen LogP contribution in [-0.2, 0) is 0 Å². The number of hydrogen-bond donors (Lipinski definition) is 2. The molecule has 14 heavy (non-hydrogen) atoms. The highest BCUT2D eigenvalue weighted by molar-refractivity contribution is 7.16. The summed E-state index contributed by atoms with van der Waals surface area (Å²) in [6.45, 7) is 9.44. The van der Waals surface area contributed by atoms with Crippen molar-refractivity contribution in [2.24, 2.45) is 5.73 Å². The molecule has 1 amide bonds. The number of hydrogen-bond acceptors (Lipinski definition) is 3. The van der Waals surface area contributed by atoms with Gasteiger partial charge in [0.05, 0.1) is 5.56 Å². The van der Waals surface area contributed by atoms with Crippen molar-refractivity contribution in [3.8, 4) is 0 Å². The third-order valence-corrected chi connectivity index (χ3v) is 3.08. The van der Waals surface area contributed by atoms with Gasteiger partial charge in [-0.25, -0.2) is 0 Å². The van der Waals surface area contributed by atoms with Gasteiger partial charge in [-0.3, -0.25) is 4.79 Å². The monoisotopic (exact) mass is 210 g/mol. The molecule has 1 heterocycles. The van der Waals surface area contributed by atoms with Gasteiger partial charge < -0.3 is 11.1 Å². The average molecular weight is 210 g/mol. The number of nitrogens with one attached hydrogen (secondary N) is 1. The summed E-state index contributed by atoms with van der Waals surface area (Å²) in [5, 5.41) is 3.83. The summed E-state index contributed by atoms with van der Waals surface area (Å²) in [5.41, 5.74) is 7.63. The zero-order valence-corrected chi connectivity index (χ0v) is 9.42. The highest BCUT2D eigenvalue weighted by Crippen LogP contribution is 2.32. The first-order valence-corrected chi connectivity index (χ1v) is 5.07. The van der Waals surface area contributed by atoms with Crippen LogP contribution < -0.4 is 11.1 Å². The molecule has 1 rings (SSSR count). The van der Waals surface area contributed by atoms with Crippen LogP contribution in [0.2, 0.25) is 0 Å². The fraction of sp³-hybridized carbons (Fsp3) is 0.300. The molecule has 4 heteroatoms. The summed E-state index contributed by atoms with van der Waals surface area (Å²) >= 11 is 1.52. The minimum Gasteiger partial charge on any atom is -0.365 e. The van der Waals surface area contributed by atoms with Gasteiger partial charge in [0.2, 0.25) is 0 Å². The van der Waals surface area contributed by atoms with E-state index in [0.29, 0.717) is 5.56 Å². The third-order valence-electron chi connectivity index (χ3n) is 1.96. The van der Waals surface area contributed by atoms with Gasteiger partial charge in [0.15, 0.2) is 0 Å². The number of nitrogens with two attached hydrogens (primary N) is 1. The maximum Gasteiger partial charge on any atom is 0.251 e. The molecular formula is C10H14N2OS. The zero-order valence-electron chi connectivity index (χ0n) is 8.60. The van der Waals surface area contributed by atoms with Crippen LogP contribution in [-0.4, -0.2) is 5.91 Å². The highest BCUT2D eigenvalue weighted by atomic mass is 32.1. The maximum absolute atomic E-state index is 11.2. The smallest absolute Gasteiger partial charge is 0.251 e. The first-order valence-electron chi connectivity index (χ1n) is 4.25. The lowest BCUT2D eigenvalue weighted by atomic mass is 10.1. The summed E-state index contributed by atoms with van der Waals surface area (Å²) < 4.78 is 0. The first kappa shape index (κ1) is 10.8. The Morgan fingerprint density at radius 2 is 2.07 bits per heavy atom. The summed E-state index contributed by atoms with van der Waals surface area (Å²) in [7, 11) is 0. The zero-order chi connectivity index (χ0) is 10.9. The van der Waals surface area contributed by atoms with Crippen molar-refractivity contribution in [2.75, 3.05) is 5.32 Å². The molecule has 0 aliphatic carbocycles.